The summed E-state index contributed by atoms with van der Waals surface area (Å²) in [4.78, 5) is 53.5. The Labute approximate surface area is 241 Å². The zero-order valence-electron chi connectivity index (χ0n) is 22.4. The van der Waals surface area contributed by atoms with Crippen LogP contribution in [0.3, 0.4) is 0 Å². The molecule has 10 heteroatoms. The first-order valence-corrected chi connectivity index (χ1v) is 15.6. The Morgan fingerprint density at radius 2 is 1.00 bits per heavy atom. The molecular formula is C30H34N4O4S2. The highest BCUT2D eigenvalue weighted by molar-refractivity contribution is 7.17. The number of rotatable bonds is 6. The van der Waals surface area contributed by atoms with Crippen molar-refractivity contribution in [2.45, 2.75) is 77.0 Å². The molecule has 0 unspecified atom stereocenters. The number of anilines is 2. The second kappa shape index (κ2) is 12.3. The summed E-state index contributed by atoms with van der Waals surface area (Å²) in [5.41, 5.74) is 14.7. The van der Waals surface area contributed by atoms with Gasteiger partial charge >= 0.3 is 0 Å². The van der Waals surface area contributed by atoms with Gasteiger partial charge in [0.1, 0.15) is 10.0 Å². The fourth-order valence-corrected chi connectivity index (χ4v) is 8.27. The molecule has 0 fully saturated rings. The maximum atomic E-state index is 13.3. The highest BCUT2D eigenvalue weighted by atomic mass is 32.1. The lowest BCUT2D eigenvalue weighted by molar-refractivity contribution is 0.0990. The van der Waals surface area contributed by atoms with E-state index in [9.17, 15) is 19.2 Å². The molecule has 0 atom stereocenters. The summed E-state index contributed by atoms with van der Waals surface area (Å²) >= 11 is 2.83. The van der Waals surface area contributed by atoms with Crippen molar-refractivity contribution in [2.75, 3.05) is 10.6 Å². The molecule has 0 spiro atoms. The average Bonchev–Trinajstić information content (AvgIpc) is 3.40. The number of aryl methyl sites for hydroxylation is 2. The highest BCUT2D eigenvalue weighted by Gasteiger charge is 2.26. The van der Waals surface area contributed by atoms with Crippen molar-refractivity contribution in [3.05, 3.63) is 67.4 Å². The van der Waals surface area contributed by atoms with Crippen LogP contribution in [0.5, 0.6) is 0 Å². The van der Waals surface area contributed by atoms with Gasteiger partial charge < -0.3 is 22.1 Å². The molecule has 4 amide bonds. The van der Waals surface area contributed by atoms with Crippen LogP contribution in [0, 0.1) is 0 Å². The van der Waals surface area contributed by atoms with Gasteiger partial charge in [0.15, 0.2) is 0 Å². The third-order valence-corrected chi connectivity index (χ3v) is 10.1. The molecule has 2 aliphatic rings. The minimum atomic E-state index is -0.545. The Balaban J connectivity index is 1.37. The Kier molecular flexibility index (Phi) is 8.66. The number of carbonyl (C=O) groups excluding carboxylic acids is 4. The minimum absolute atomic E-state index is 0.275. The van der Waals surface area contributed by atoms with Crippen LogP contribution in [0.25, 0.3) is 0 Å². The Morgan fingerprint density at radius 1 is 0.600 bits per heavy atom. The van der Waals surface area contributed by atoms with Gasteiger partial charge in [0.2, 0.25) is 0 Å². The summed E-state index contributed by atoms with van der Waals surface area (Å²) in [6.45, 7) is 0. The molecular weight excluding hydrogens is 544 g/mol. The van der Waals surface area contributed by atoms with E-state index in [1.54, 1.807) is 18.2 Å². The molecule has 0 saturated carbocycles. The normalized spacial score (nSPS) is 15.4. The van der Waals surface area contributed by atoms with Gasteiger partial charge in [-0.05, 0) is 80.7 Å². The first-order chi connectivity index (χ1) is 19.3. The molecule has 2 aromatic heterocycles. The summed E-state index contributed by atoms with van der Waals surface area (Å²) in [5, 5.41) is 6.68. The minimum Gasteiger partial charge on any atom is -0.365 e. The van der Waals surface area contributed by atoms with E-state index in [4.69, 9.17) is 11.5 Å². The topological polar surface area (TPSA) is 144 Å². The van der Waals surface area contributed by atoms with Crippen LogP contribution < -0.4 is 22.1 Å². The lowest BCUT2D eigenvalue weighted by Crippen LogP contribution is -2.20. The third kappa shape index (κ3) is 5.97. The monoisotopic (exact) mass is 578 g/mol. The number of nitrogens with two attached hydrogens (primary N) is 2. The van der Waals surface area contributed by atoms with Crippen molar-refractivity contribution < 1.29 is 19.2 Å². The molecule has 210 valence electrons. The van der Waals surface area contributed by atoms with Crippen molar-refractivity contribution in [2.24, 2.45) is 11.5 Å². The summed E-state index contributed by atoms with van der Waals surface area (Å²) in [5.74, 6) is -1.94. The fourth-order valence-electron chi connectivity index (χ4n) is 5.69. The van der Waals surface area contributed by atoms with Crippen LogP contribution in [-0.4, -0.2) is 23.6 Å². The van der Waals surface area contributed by atoms with E-state index >= 15 is 0 Å². The number of nitrogens with one attached hydrogen (secondary N) is 2. The third-order valence-electron chi connectivity index (χ3n) is 7.68. The zero-order valence-corrected chi connectivity index (χ0v) is 24.0. The van der Waals surface area contributed by atoms with E-state index in [1.165, 1.54) is 28.7 Å². The van der Waals surface area contributed by atoms with E-state index < -0.39 is 23.6 Å². The van der Waals surface area contributed by atoms with Gasteiger partial charge in [0, 0.05) is 20.9 Å². The average molecular weight is 579 g/mol. The molecule has 2 heterocycles. The highest BCUT2D eigenvalue weighted by Crippen LogP contribution is 2.38. The number of hydrogen-bond donors (Lipinski definition) is 4. The lowest BCUT2D eigenvalue weighted by Gasteiger charge is -2.11. The molecule has 8 nitrogen and oxygen atoms in total. The van der Waals surface area contributed by atoms with E-state index in [0.717, 1.165) is 97.9 Å². The van der Waals surface area contributed by atoms with Gasteiger partial charge in [-0.2, -0.15) is 0 Å². The van der Waals surface area contributed by atoms with Gasteiger partial charge in [-0.3, -0.25) is 19.2 Å². The molecule has 0 saturated heterocycles. The summed E-state index contributed by atoms with van der Waals surface area (Å²) in [6.07, 6.45) is 11.9. The number of fused-ring (bicyclic) bond motifs is 2. The molecule has 3 aromatic rings. The fraction of sp³-hybridized carbons (Fsp3) is 0.400. The number of benzene rings is 1. The predicted molar refractivity (Wildman–Crippen MR) is 160 cm³/mol. The maximum absolute atomic E-state index is 13.3. The Morgan fingerprint density at radius 3 is 1.40 bits per heavy atom. The second-order valence-corrected chi connectivity index (χ2v) is 12.7. The lowest BCUT2D eigenvalue weighted by atomic mass is 9.96. The summed E-state index contributed by atoms with van der Waals surface area (Å²) in [7, 11) is 0. The Hall–Kier alpha value is -3.50. The van der Waals surface area contributed by atoms with Crippen molar-refractivity contribution in [3.8, 4) is 0 Å². The largest absolute Gasteiger partial charge is 0.365 e. The molecule has 40 heavy (non-hydrogen) atoms. The summed E-state index contributed by atoms with van der Waals surface area (Å²) in [6, 6.07) is 6.37. The van der Waals surface area contributed by atoms with Gasteiger partial charge in [0.05, 0.1) is 11.1 Å². The molecule has 0 radical (unpaired) electrons. The van der Waals surface area contributed by atoms with E-state index in [0.29, 0.717) is 21.1 Å². The molecule has 0 aliphatic heterocycles. The van der Waals surface area contributed by atoms with Crippen LogP contribution in [-0.2, 0) is 25.7 Å². The first kappa shape index (κ1) is 28.0. The number of hydrogen-bond acceptors (Lipinski definition) is 6. The number of amides is 4. The van der Waals surface area contributed by atoms with Crippen LogP contribution in [0.15, 0.2) is 24.3 Å². The molecule has 6 N–H and O–H groups in total. The van der Waals surface area contributed by atoms with Gasteiger partial charge in [0.25, 0.3) is 23.6 Å². The maximum Gasteiger partial charge on any atom is 0.256 e. The van der Waals surface area contributed by atoms with Crippen LogP contribution in [0.4, 0.5) is 10.0 Å². The predicted octanol–water partition coefficient (Wildman–Crippen LogP) is 5.83. The van der Waals surface area contributed by atoms with Crippen LogP contribution in [0.1, 0.15) is 114 Å². The smallest absolute Gasteiger partial charge is 0.256 e. The van der Waals surface area contributed by atoms with Gasteiger partial charge in [-0.15, -0.1) is 22.7 Å². The van der Waals surface area contributed by atoms with Crippen LogP contribution in [0.2, 0.25) is 0 Å². The van der Waals surface area contributed by atoms with Crippen molar-refractivity contribution in [3.63, 3.8) is 0 Å². The van der Waals surface area contributed by atoms with E-state index in [2.05, 4.69) is 10.6 Å². The van der Waals surface area contributed by atoms with Gasteiger partial charge in [-0.1, -0.05) is 31.7 Å². The van der Waals surface area contributed by atoms with Crippen molar-refractivity contribution >= 4 is 56.3 Å². The molecule has 2 aliphatic carbocycles. The Bertz CT molecular complexity index is 1370. The first-order valence-electron chi connectivity index (χ1n) is 13.9. The zero-order chi connectivity index (χ0) is 28.2. The molecule has 5 rings (SSSR count). The molecule has 1 aromatic carbocycles. The van der Waals surface area contributed by atoms with E-state index in [1.807, 2.05) is 0 Å². The number of carbonyl (C=O) groups is 4. The number of primary amides is 2. The number of thiophene rings is 2. The quantitative estimate of drug-likeness (QED) is 0.292. The van der Waals surface area contributed by atoms with Crippen molar-refractivity contribution in [1.82, 2.24) is 0 Å². The summed E-state index contributed by atoms with van der Waals surface area (Å²) < 4.78 is 0. The van der Waals surface area contributed by atoms with Crippen LogP contribution >= 0.6 is 22.7 Å². The van der Waals surface area contributed by atoms with Crippen molar-refractivity contribution in [1.29, 1.82) is 0 Å². The molecule has 0 bridgehead atoms. The SMILES string of the molecule is NC(=O)c1c(NC(=O)c2cccc(C(=O)Nc3sc4c(c3C(N)=O)CCCCCC4)c2)sc2c1CCCCCC2. The second-order valence-electron chi connectivity index (χ2n) is 10.5. The van der Waals surface area contributed by atoms with Gasteiger partial charge in [-0.25, -0.2) is 0 Å². The standard InChI is InChI=1S/C30H34N4O4S2/c31-25(35)23-19-12-5-1-3-7-14-21(19)39-29(23)33-27(37)17-10-9-11-18(16-17)28(38)34-30-24(26(32)36)20-13-6-2-4-8-15-22(20)40-30/h9-11,16H,1-8,12-15H2,(H2,31,35)(H2,32,36)(H,33,37)(H,34,38). The van der Waals surface area contributed by atoms with E-state index in [-0.39, 0.29) is 11.1 Å².